The maximum absolute atomic E-state index is 10.4. The van der Waals surface area contributed by atoms with Crippen molar-refractivity contribution in [3.63, 3.8) is 0 Å². The van der Waals surface area contributed by atoms with Gasteiger partial charge in [-0.2, -0.15) is 11.8 Å². The lowest BCUT2D eigenvalue weighted by Gasteiger charge is -1.89. The van der Waals surface area contributed by atoms with Crippen LogP contribution < -0.4 is 0 Å². The molecule has 7 heavy (non-hydrogen) atoms. The van der Waals surface area contributed by atoms with Crippen LogP contribution in [0.1, 0.15) is 13.3 Å². The zero-order chi connectivity index (χ0) is 5.28. The Hall–Kier alpha value is 0.0200. The Morgan fingerprint density at radius 1 is 1.86 bits per heavy atom. The van der Waals surface area contributed by atoms with Gasteiger partial charge in [-0.05, 0) is 0 Å². The van der Waals surface area contributed by atoms with Crippen LogP contribution in [0.15, 0.2) is 0 Å². The first-order valence-corrected chi connectivity index (χ1v) is 3.47. The molecule has 0 bridgehead atoms. The van der Waals surface area contributed by atoms with Crippen molar-refractivity contribution in [2.75, 3.05) is 5.75 Å². The lowest BCUT2D eigenvalue weighted by atomic mass is 10.3. The van der Waals surface area contributed by atoms with Crippen LogP contribution in [-0.2, 0) is 4.79 Å². The van der Waals surface area contributed by atoms with E-state index in [0.29, 0.717) is 11.0 Å². The van der Waals surface area contributed by atoms with Gasteiger partial charge in [0.25, 0.3) is 0 Å². The molecule has 1 nitrogen and oxygen atoms in total. The lowest BCUT2D eigenvalue weighted by molar-refractivity contribution is -0.116. The minimum absolute atomic E-state index is 0.414. The highest BCUT2D eigenvalue weighted by Gasteiger charge is 2.17. The van der Waals surface area contributed by atoms with Crippen molar-refractivity contribution in [2.24, 2.45) is 0 Å². The molecule has 1 aliphatic rings. The van der Waals surface area contributed by atoms with Crippen LogP contribution in [0.4, 0.5) is 0 Å². The molecule has 0 aromatic carbocycles. The molecule has 1 atom stereocenters. The lowest BCUT2D eigenvalue weighted by Crippen LogP contribution is -1.93. The number of carbonyl (C=O) groups excluding carboxylic acids is 1. The highest BCUT2D eigenvalue weighted by Crippen LogP contribution is 2.21. The molecule has 0 N–H and O–H groups in total. The van der Waals surface area contributed by atoms with Crippen LogP contribution in [0, 0.1) is 0 Å². The van der Waals surface area contributed by atoms with Gasteiger partial charge in [-0.1, -0.05) is 6.92 Å². The Balaban J connectivity index is 2.40. The molecule has 0 aliphatic carbocycles. The van der Waals surface area contributed by atoms with E-state index in [1.807, 2.05) is 0 Å². The van der Waals surface area contributed by atoms with Crippen LogP contribution in [-0.4, -0.2) is 16.8 Å². The van der Waals surface area contributed by atoms with Gasteiger partial charge in [-0.15, -0.1) is 0 Å². The summed E-state index contributed by atoms with van der Waals surface area (Å²) in [7, 11) is 0. The minimum Gasteiger partial charge on any atom is -0.299 e. The summed E-state index contributed by atoms with van der Waals surface area (Å²) in [6.07, 6.45) is 0.796. The minimum atomic E-state index is 0.414. The summed E-state index contributed by atoms with van der Waals surface area (Å²) in [6, 6.07) is 0. The van der Waals surface area contributed by atoms with E-state index in [4.69, 9.17) is 0 Å². The van der Waals surface area contributed by atoms with E-state index >= 15 is 0 Å². The molecule has 2 heteroatoms. The third-order valence-corrected chi connectivity index (χ3v) is 2.27. The van der Waals surface area contributed by atoms with E-state index in [1.165, 1.54) is 0 Å². The van der Waals surface area contributed by atoms with Gasteiger partial charge in [0, 0.05) is 11.7 Å². The van der Waals surface area contributed by atoms with Gasteiger partial charge in [-0.3, -0.25) is 4.79 Å². The molecule has 1 saturated heterocycles. The van der Waals surface area contributed by atoms with Crippen molar-refractivity contribution < 1.29 is 4.79 Å². The Kier molecular flexibility index (Phi) is 1.38. The normalized spacial score (nSPS) is 31.6. The van der Waals surface area contributed by atoms with E-state index in [1.54, 1.807) is 11.8 Å². The summed E-state index contributed by atoms with van der Waals surface area (Å²) in [5.41, 5.74) is 0. The molecule has 0 spiro atoms. The maximum atomic E-state index is 10.4. The zero-order valence-corrected chi connectivity index (χ0v) is 5.12. The zero-order valence-electron chi connectivity index (χ0n) is 4.31. The molecule has 1 unspecified atom stereocenters. The van der Waals surface area contributed by atoms with E-state index < -0.39 is 0 Å². The molecule has 0 amide bonds. The predicted molar refractivity (Wildman–Crippen MR) is 31.5 cm³/mol. The van der Waals surface area contributed by atoms with Crippen LogP contribution in [0.5, 0.6) is 0 Å². The second kappa shape index (κ2) is 1.86. The summed E-state index contributed by atoms with van der Waals surface area (Å²) >= 11 is 1.76. The smallest absolute Gasteiger partial charge is 0.143 e. The number of hydrogen-bond acceptors (Lipinski definition) is 2. The number of ketones is 1. The van der Waals surface area contributed by atoms with Crippen molar-refractivity contribution in [3.05, 3.63) is 0 Å². The third-order valence-electron chi connectivity index (χ3n) is 1.04. The number of hydrogen-bond donors (Lipinski definition) is 0. The third kappa shape index (κ3) is 1.20. The highest BCUT2D eigenvalue weighted by molar-refractivity contribution is 8.01. The molecule has 0 radical (unpaired) electrons. The van der Waals surface area contributed by atoms with E-state index in [2.05, 4.69) is 6.92 Å². The maximum Gasteiger partial charge on any atom is 0.143 e. The van der Waals surface area contributed by atoms with Crippen molar-refractivity contribution in [2.45, 2.75) is 18.6 Å². The average Bonchev–Trinajstić information content (AvgIpc) is 1.87. The summed E-state index contributed by atoms with van der Waals surface area (Å²) < 4.78 is 0. The molecule has 0 aromatic rings. The van der Waals surface area contributed by atoms with Gasteiger partial charge in [0.1, 0.15) is 5.78 Å². The van der Waals surface area contributed by atoms with E-state index in [0.717, 1.165) is 12.2 Å². The number of rotatable bonds is 0. The first-order valence-electron chi connectivity index (χ1n) is 2.42. The molecular weight excluding hydrogens is 108 g/mol. The van der Waals surface area contributed by atoms with Crippen molar-refractivity contribution >= 4 is 17.5 Å². The molecule has 1 aliphatic heterocycles. The van der Waals surface area contributed by atoms with Gasteiger partial charge >= 0.3 is 0 Å². The highest BCUT2D eigenvalue weighted by atomic mass is 32.2. The summed E-state index contributed by atoms with van der Waals surface area (Å²) in [6.45, 7) is 2.09. The molecule has 0 aromatic heterocycles. The Labute approximate surface area is 47.5 Å². The van der Waals surface area contributed by atoms with Crippen LogP contribution >= 0.6 is 11.8 Å². The topological polar surface area (TPSA) is 17.1 Å². The average molecular weight is 116 g/mol. The van der Waals surface area contributed by atoms with Crippen LogP contribution in [0.2, 0.25) is 0 Å². The predicted octanol–water partition coefficient (Wildman–Crippen LogP) is 1.08. The van der Waals surface area contributed by atoms with Crippen molar-refractivity contribution in [1.82, 2.24) is 0 Å². The van der Waals surface area contributed by atoms with E-state index in [-0.39, 0.29) is 0 Å². The second-order valence-corrected chi connectivity index (χ2v) is 3.29. The molecule has 0 saturated carbocycles. The van der Waals surface area contributed by atoms with Crippen LogP contribution in [0.25, 0.3) is 0 Å². The summed E-state index contributed by atoms with van der Waals surface area (Å²) in [4.78, 5) is 10.4. The number of thioether (sulfide) groups is 1. The van der Waals surface area contributed by atoms with Crippen molar-refractivity contribution in [1.29, 1.82) is 0 Å². The Bertz CT molecular complexity index is 90.1. The fourth-order valence-electron chi connectivity index (χ4n) is 0.674. The van der Waals surface area contributed by atoms with Gasteiger partial charge in [-0.25, -0.2) is 0 Å². The van der Waals surface area contributed by atoms with Crippen LogP contribution in [0.3, 0.4) is 0 Å². The van der Waals surface area contributed by atoms with Gasteiger partial charge in [0.15, 0.2) is 0 Å². The molecule has 40 valence electrons. The van der Waals surface area contributed by atoms with Gasteiger partial charge in [0.05, 0.1) is 5.75 Å². The second-order valence-electron chi connectivity index (χ2n) is 1.86. The SMILES string of the molecule is CC1CC(=O)CS1. The Morgan fingerprint density at radius 2 is 2.57 bits per heavy atom. The summed E-state index contributed by atoms with van der Waals surface area (Å²) in [5.74, 6) is 1.17. The molecular formula is C5H8OS. The number of Topliss-reactive ketones (excluding diaryl/α,β-unsaturated/α-hetero) is 1. The largest absolute Gasteiger partial charge is 0.299 e. The monoisotopic (exact) mass is 116 g/mol. The Morgan fingerprint density at radius 3 is 2.71 bits per heavy atom. The first-order chi connectivity index (χ1) is 3.29. The van der Waals surface area contributed by atoms with Crippen molar-refractivity contribution in [3.8, 4) is 0 Å². The fraction of sp³-hybridized carbons (Fsp3) is 0.800. The van der Waals surface area contributed by atoms with Gasteiger partial charge < -0.3 is 0 Å². The number of carbonyl (C=O) groups is 1. The summed E-state index contributed by atoms with van der Waals surface area (Å²) in [5, 5.41) is 0.590. The first kappa shape index (κ1) is 5.16. The molecule has 1 fully saturated rings. The molecule has 1 heterocycles. The standard InChI is InChI=1S/C5H8OS/c1-4-2-5(6)3-7-4/h4H,2-3H2,1H3. The van der Waals surface area contributed by atoms with E-state index in [9.17, 15) is 4.79 Å². The van der Waals surface area contributed by atoms with Gasteiger partial charge in [0.2, 0.25) is 0 Å². The molecule has 1 rings (SSSR count). The quantitative estimate of drug-likeness (QED) is 0.471. The fourth-order valence-corrected chi connectivity index (χ4v) is 1.57.